The third-order valence-corrected chi connectivity index (χ3v) is 4.99. The molecule has 1 aromatic rings. The van der Waals surface area contributed by atoms with Crippen molar-refractivity contribution in [2.75, 3.05) is 19.3 Å². The fourth-order valence-corrected chi connectivity index (χ4v) is 3.21. The van der Waals surface area contributed by atoms with Gasteiger partial charge in [-0.05, 0) is 25.8 Å². The smallest absolute Gasteiger partial charge is 0.211 e. The van der Waals surface area contributed by atoms with Crippen LogP contribution in [0.15, 0.2) is 12.3 Å². The predicted octanol–water partition coefficient (Wildman–Crippen LogP) is 1.10. The van der Waals surface area contributed by atoms with Crippen molar-refractivity contribution in [3.63, 3.8) is 0 Å². The number of aromatic nitrogens is 2. The van der Waals surface area contributed by atoms with Crippen LogP contribution in [0.4, 0.5) is 0 Å². The molecular weight excluding hydrogens is 250 g/mol. The second-order valence-corrected chi connectivity index (χ2v) is 7.19. The highest BCUT2D eigenvalue weighted by atomic mass is 32.2. The van der Waals surface area contributed by atoms with Crippen LogP contribution in [0.5, 0.6) is 0 Å². The summed E-state index contributed by atoms with van der Waals surface area (Å²) < 4.78 is 24.5. The van der Waals surface area contributed by atoms with Crippen LogP contribution in [0.25, 0.3) is 0 Å². The minimum atomic E-state index is -3.07. The van der Waals surface area contributed by atoms with Gasteiger partial charge in [0, 0.05) is 24.7 Å². The third kappa shape index (κ3) is 2.70. The molecule has 5 nitrogen and oxygen atoms in total. The first-order chi connectivity index (χ1) is 8.31. The van der Waals surface area contributed by atoms with E-state index in [1.807, 2.05) is 13.0 Å². The monoisotopic (exact) mass is 269 g/mol. The average Bonchev–Trinajstić information content (AvgIpc) is 2.28. The molecule has 1 saturated heterocycles. The van der Waals surface area contributed by atoms with Crippen molar-refractivity contribution in [2.24, 2.45) is 0 Å². The highest BCUT2D eigenvalue weighted by Gasteiger charge is 2.35. The maximum absolute atomic E-state index is 11.5. The van der Waals surface area contributed by atoms with E-state index in [0.29, 0.717) is 13.1 Å². The standard InChI is InChI=1S/C12H19N3O2S/c1-10-13-7-4-11(14-10)12(2)5-8-15(9-6-12)18(3,16)17/h4,7H,5-6,8-9H2,1-3H3. The summed E-state index contributed by atoms with van der Waals surface area (Å²) in [4.78, 5) is 8.58. The summed E-state index contributed by atoms with van der Waals surface area (Å²) >= 11 is 0. The fraction of sp³-hybridized carbons (Fsp3) is 0.667. The predicted molar refractivity (Wildman–Crippen MR) is 69.8 cm³/mol. The van der Waals surface area contributed by atoms with Crippen LogP contribution in [0.1, 0.15) is 31.3 Å². The first-order valence-corrected chi connectivity index (χ1v) is 7.91. The van der Waals surface area contributed by atoms with Crippen molar-refractivity contribution >= 4 is 10.0 Å². The molecule has 0 atom stereocenters. The van der Waals surface area contributed by atoms with Crippen molar-refractivity contribution < 1.29 is 8.42 Å². The Morgan fingerprint density at radius 1 is 1.33 bits per heavy atom. The Bertz CT molecular complexity index is 534. The molecule has 0 unspecified atom stereocenters. The zero-order chi connectivity index (χ0) is 13.4. The zero-order valence-corrected chi connectivity index (χ0v) is 11.9. The Hall–Kier alpha value is -1.01. The number of sulfonamides is 1. The van der Waals surface area contributed by atoms with Gasteiger partial charge in [0.2, 0.25) is 10.0 Å². The molecule has 100 valence electrons. The highest BCUT2D eigenvalue weighted by molar-refractivity contribution is 7.88. The van der Waals surface area contributed by atoms with Gasteiger partial charge < -0.3 is 0 Å². The molecule has 0 spiro atoms. The minimum Gasteiger partial charge on any atom is -0.242 e. The summed E-state index contributed by atoms with van der Waals surface area (Å²) in [7, 11) is -3.07. The molecule has 0 bridgehead atoms. The second kappa shape index (κ2) is 4.59. The summed E-state index contributed by atoms with van der Waals surface area (Å²) in [6.07, 6.45) is 4.64. The molecule has 2 heterocycles. The van der Waals surface area contributed by atoms with E-state index in [4.69, 9.17) is 0 Å². The quantitative estimate of drug-likeness (QED) is 0.806. The number of nitrogens with zero attached hydrogens (tertiary/aromatic N) is 3. The molecule has 2 rings (SSSR count). The Labute approximate surface area is 108 Å². The van der Waals surface area contributed by atoms with Gasteiger partial charge in [-0.3, -0.25) is 0 Å². The van der Waals surface area contributed by atoms with E-state index in [9.17, 15) is 8.42 Å². The zero-order valence-electron chi connectivity index (χ0n) is 11.0. The average molecular weight is 269 g/mol. The van der Waals surface area contributed by atoms with Crippen LogP contribution in [-0.4, -0.2) is 42.0 Å². The van der Waals surface area contributed by atoms with Gasteiger partial charge in [0.25, 0.3) is 0 Å². The van der Waals surface area contributed by atoms with Gasteiger partial charge in [-0.2, -0.15) is 0 Å². The maximum Gasteiger partial charge on any atom is 0.211 e. The lowest BCUT2D eigenvalue weighted by Gasteiger charge is -2.37. The first-order valence-electron chi connectivity index (χ1n) is 6.06. The number of rotatable bonds is 2. The Balaban J connectivity index is 2.17. The van der Waals surface area contributed by atoms with E-state index in [1.54, 1.807) is 10.5 Å². The lowest BCUT2D eigenvalue weighted by atomic mass is 9.78. The largest absolute Gasteiger partial charge is 0.242 e. The normalized spacial score (nSPS) is 20.8. The number of hydrogen-bond donors (Lipinski definition) is 0. The molecule has 18 heavy (non-hydrogen) atoms. The molecule has 0 saturated carbocycles. The topological polar surface area (TPSA) is 63.2 Å². The number of hydrogen-bond acceptors (Lipinski definition) is 4. The molecule has 1 aromatic heterocycles. The van der Waals surface area contributed by atoms with Gasteiger partial charge in [0.1, 0.15) is 5.82 Å². The lowest BCUT2D eigenvalue weighted by molar-refractivity contribution is 0.245. The Kier molecular flexibility index (Phi) is 3.42. The van der Waals surface area contributed by atoms with E-state index in [0.717, 1.165) is 24.4 Å². The van der Waals surface area contributed by atoms with Crippen LogP contribution >= 0.6 is 0 Å². The molecule has 1 aliphatic rings. The lowest BCUT2D eigenvalue weighted by Crippen LogP contribution is -2.43. The summed E-state index contributed by atoms with van der Waals surface area (Å²) in [5.41, 5.74) is 0.970. The SMILES string of the molecule is Cc1nccc(C2(C)CCN(S(C)(=O)=O)CC2)n1. The van der Waals surface area contributed by atoms with E-state index in [1.165, 1.54) is 6.26 Å². The van der Waals surface area contributed by atoms with Crippen LogP contribution < -0.4 is 0 Å². The van der Waals surface area contributed by atoms with E-state index in [2.05, 4.69) is 16.9 Å². The Morgan fingerprint density at radius 2 is 1.94 bits per heavy atom. The number of aryl methyl sites for hydroxylation is 1. The van der Waals surface area contributed by atoms with Crippen LogP contribution in [-0.2, 0) is 15.4 Å². The second-order valence-electron chi connectivity index (χ2n) is 5.21. The van der Waals surface area contributed by atoms with Crippen LogP contribution in [0, 0.1) is 6.92 Å². The molecule has 0 aromatic carbocycles. The van der Waals surface area contributed by atoms with E-state index in [-0.39, 0.29) is 5.41 Å². The van der Waals surface area contributed by atoms with Crippen LogP contribution in [0.2, 0.25) is 0 Å². The minimum absolute atomic E-state index is 0.0467. The molecule has 0 aliphatic carbocycles. The van der Waals surface area contributed by atoms with Crippen molar-refractivity contribution in [1.82, 2.24) is 14.3 Å². The molecule has 1 aliphatic heterocycles. The molecule has 6 heteroatoms. The molecule has 0 radical (unpaired) electrons. The first kappa shape index (κ1) is 13.4. The number of piperidine rings is 1. The fourth-order valence-electron chi connectivity index (χ4n) is 2.36. The maximum atomic E-state index is 11.5. The van der Waals surface area contributed by atoms with E-state index < -0.39 is 10.0 Å². The summed E-state index contributed by atoms with van der Waals surface area (Å²) in [6, 6.07) is 1.93. The van der Waals surface area contributed by atoms with Gasteiger partial charge in [-0.15, -0.1) is 0 Å². The van der Waals surface area contributed by atoms with Crippen molar-refractivity contribution in [2.45, 2.75) is 32.1 Å². The van der Waals surface area contributed by atoms with E-state index >= 15 is 0 Å². The van der Waals surface area contributed by atoms with Crippen LogP contribution in [0.3, 0.4) is 0 Å². The molecular formula is C12H19N3O2S. The van der Waals surface area contributed by atoms with Crippen molar-refractivity contribution in [1.29, 1.82) is 0 Å². The van der Waals surface area contributed by atoms with Crippen molar-refractivity contribution in [3.05, 3.63) is 23.8 Å². The summed E-state index contributed by atoms with van der Waals surface area (Å²) in [6.45, 7) is 5.16. The molecule has 0 amide bonds. The Morgan fingerprint density at radius 3 is 2.44 bits per heavy atom. The van der Waals surface area contributed by atoms with Gasteiger partial charge in [0.05, 0.1) is 11.9 Å². The molecule has 0 N–H and O–H groups in total. The van der Waals surface area contributed by atoms with Gasteiger partial charge in [-0.1, -0.05) is 6.92 Å². The molecule has 1 fully saturated rings. The van der Waals surface area contributed by atoms with Crippen molar-refractivity contribution in [3.8, 4) is 0 Å². The van der Waals surface area contributed by atoms with Gasteiger partial charge in [0.15, 0.2) is 0 Å². The highest BCUT2D eigenvalue weighted by Crippen LogP contribution is 2.34. The van der Waals surface area contributed by atoms with Gasteiger partial charge in [-0.25, -0.2) is 22.7 Å². The third-order valence-electron chi connectivity index (χ3n) is 3.69. The summed E-state index contributed by atoms with van der Waals surface area (Å²) in [5, 5.41) is 0. The van der Waals surface area contributed by atoms with Gasteiger partial charge >= 0.3 is 0 Å². The summed E-state index contributed by atoms with van der Waals surface area (Å²) in [5.74, 6) is 0.763.